The number of rotatable bonds is 10. The number of aromatic nitrogens is 6. The highest BCUT2D eigenvalue weighted by Gasteiger charge is 2.32. The van der Waals surface area contributed by atoms with Crippen molar-refractivity contribution in [3.05, 3.63) is 60.4 Å². The fourth-order valence-corrected chi connectivity index (χ4v) is 5.02. The second kappa shape index (κ2) is 11.0. The maximum Gasteiger partial charge on any atom is 0.243 e. The number of methoxy groups -OCH3 is 3. The molecule has 3 heterocycles. The summed E-state index contributed by atoms with van der Waals surface area (Å²) in [5.74, 6) is 1.46. The van der Waals surface area contributed by atoms with Crippen molar-refractivity contribution >= 4 is 16.0 Å². The molecule has 4 aromatic rings. The van der Waals surface area contributed by atoms with Crippen molar-refractivity contribution in [1.82, 2.24) is 29.7 Å². The van der Waals surface area contributed by atoms with Gasteiger partial charge in [0.05, 0.1) is 32.8 Å². The minimum atomic E-state index is -4.00. The molecule has 12 nitrogen and oxygen atoms in total. The summed E-state index contributed by atoms with van der Waals surface area (Å²) in [4.78, 5) is 12.8. The van der Waals surface area contributed by atoms with E-state index < -0.39 is 21.2 Å². The van der Waals surface area contributed by atoms with Gasteiger partial charge in [0, 0.05) is 30.1 Å². The zero-order chi connectivity index (χ0) is 27.4. The Morgan fingerprint density at radius 1 is 0.921 bits per heavy atom. The molecule has 0 aliphatic heterocycles. The number of benzene rings is 1. The van der Waals surface area contributed by atoms with E-state index in [1.165, 1.54) is 25.9 Å². The predicted molar refractivity (Wildman–Crippen MR) is 141 cm³/mol. The lowest BCUT2D eigenvalue weighted by atomic mass is 10.1. The number of ether oxygens (including phenoxy) is 3. The van der Waals surface area contributed by atoms with Gasteiger partial charge >= 0.3 is 0 Å². The molecule has 0 aliphatic carbocycles. The second-order valence-corrected chi connectivity index (χ2v) is 10.6. The second-order valence-electron chi connectivity index (χ2n) is 8.57. The molecule has 38 heavy (non-hydrogen) atoms. The Labute approximate surface area is 221 Å². The van der Waals surface area contributed by atoms with Gasteiger partial charge in [0.15, 0.2) is 5.82 Å². The molecule has 1 aromatic carbocycles. The molecule has 0 amide bonds. The molecule has 2 atom stereocenters. The quantitative estimate of drug-likeness (QED) is 0.318. The number of sulfonamides is 1. The van der Waals surface area contributed by atoms with Crippen molar-refractivity contribution in [1.29, 1.82) is 0 Å². The van der Waals surface area contributed by atoms with Crippen LogP contribution in [0.15, 0.2) is 49.1 Å². The van der Waals surface area contributed by atoms with Gasteiger partial charge in [0.1, 0.15) is 28.8 Å². The largest absolute Gasteiger partial charge is 0.495 e. The van der Waals surface area contributed by atoms with Gasteiger partial charge in [0.25, 0.3) is 0 Å². The Balaban J connectivity index is 1.84. The number of para-hydroxylation sites is 1. The third kappa shape index (κ3) is 5.23. The molecule has 0 spiro atoms. The molecule has 0 unspecified atom stereocenters. The van der Waals surface area contributed by atoms with E-state index >= 15 is 0 Å². The summed E-state index contributed by atoms with van der Waals surface area (Å²) in [6.07, 6.45) is 6.44. The van der Waals surface area contributed by atoms with E-state index in [-0.39, 0.29) is 5.95 Å². The van der Waals surface area contributed by atoms with Gasteiger partial charge in [-0.1, -0.05) is 13.0 Å². The molecule has 0 radical (unpaired) electrons. The van der Waals surface area contributed by atoms with Gasteiger partial charge in [-0.25, -0.2) is 18.4 Å². The van der Waals surface area contributed by atoms with Crippen molar-refractivity contribution in [2.24, 2.45) is 0 Å². The van der Waals surface area contributed by atoms with E-state index in [4.69, 9.17) is 14.2 Å². The standard InChI is InChI=1S/C25H29N7O5S/c1-15-11-27-23(28-12-15)16(2)17(3)38(33,34)31-25-30-29-24(18-10-19(35-4)14-26-13-18)32(25)22-20(36-5)8-7-9-21(22)37-6/h7-14,16-17H,1-6H3,(H,30,31)/t16-,17-/m0/s1. The first-order chi connectivity index (χ1) is 18.2. The maximum absolute atomic E-state index is 13.6. The van der Waals surface area contributed by atoms with Crippen molar-refractivity contribution in [3.8, 4) is 34.3 Å². The zero-order valence-corrected chi connectivity index (χ0v) is 22.7. The van der Waals surface area contributed by atoms with Gasteiger partial charge < -0.3 is 14.2 Å². The number of nitrogens with one attached hydrogen (secondary N) is 1. The lowest BCUT2D eigenvalue weighted by molar-refractivity contribution is 0.391. The van der Waals surface area contributed by atoms with Crippen LogP contribution in [0.25, 0.3) is 17.1 Å². The van der Waals surface area contributed by atoms with Crippen LogP contribution in [0.5, 0.6) is 17.2 Å². The van der Waals surface area contributed by atoms with Gasteiger partial charge in [-0.15, -0.1) is 10.2 Å². The van der Waals surface area contributed by atoms with Gasteiger partial charge in [-0.05, 0) is 37.6 Å². The lowest BCUT2D eigenvalue weighted by Crippen LogP contribution is -2.31. The van der Waals surface area contributed by atoms with E-state index in [0.29, 0.717) is 40.1 Å². The van der Waals surface area contributed by atoms with E-state index in [1.807, 2.05) is 6.92 Å². The lowest BCUT2D eigenvalue weighted by Gasteiger charge is -2.21. The molecule has 0 saturated heterocycles. The average molecular weight is 540 g/mol. The topological polar surface area (TPSA) is 143 Å². The summed E-state index contributed by atoms with van der Waals surface area (Å²) in [6, 6.07) is 6.92. The highest BCUT2D eigenvalue weighted by Crippen LogP contribution is 2.38. The summed E-state index contributed by atoms with van der Waals surface area (Å²) in [7, 11) is 0.534. The van der Waals surface area contributed by atoms with E-state index in [0.717, 1.165) is 5.56 Å². The highest BCUT2D eigenvalue weighted by molar-refractivity contribution is 7.93. The average Bonchev–Trinajstić information content (AvgIpc) is 3.34. The highest BCUT2D eigenvalue weighted by atomic mass is 32.2. The maximum atomic E-state index is 13.6. The Hall–Kier alpha value is -4.26. The van der Waals surface area contributed by atoms with Crippen LogP contribution in [0.2, 0.25) is 0 Å². The molecule has 0 saturated carbocycles. The van der Waals surface area contributed by atoms with Gasteiger partial charge in [-0.2, -0.15) is 0 Å². The molecule has 13 heteroatoms. The third-order valence-electron chi connectivity index (χ3n) is 6.13. The van der Waals surface area contributed by atoms with Gasteiger partial charge in [0.2, 0.25) is 16.0 Å². The van der Waals surface area contributed by atoms with E-state index in [1.54, 1.807) is 62.9 Å². The molecule has 3 aromatic heterocycles. The summed E-state index contributed by atoms with van der Waals surface area (Å²) in [5, 5.41) is 7.59. The molecule has 1 N–H and O–H groups in total. The first-order valence-corrected chi connectivity index (χ1v) is 13.2. The number of hydrogen-bond donors (Lipinski definition) is 1. The van der Waals surface area contributed by atoms with Crippen LogP contribution in [-0.4, -0.2) is 64.7 Å². The first kappa shape index (κ1) is 26.8. The zero-order valence-electron chi connectivity index (χ0n) is 21.9. The van der Waals surface area contributed by atoms with Gasteiger partial charge in [-0.3, -0.25) is 14.3 Å². The van der Waals surface area contributed by atoms with Crippen LogP contribution < -0.4 is 18.9 Å². The van der Waals surface area contributed by atoms with Crippen molar-refractivity contribution in [3.63, 3.8) is 0 Å². The third-order valence-corrected chi connectivity index (χ3v) is 7.99. The number of aryl methyl sites for hydroxylation is 1. The molecule has 200 valence electrons. The molecule has 0 fully saturated rings. The number of anilines is 1. The van der Waals surface area contributed by atoms with Crippen LogP contribution in [0.4, 0.5) is 5.95 Å². The molecular formula is C25H29N7O5S. The van der Waals surface area contributed by atoms with Crippen LogP contribution >= 0.6 is 0 Å². The minimum absolute atomic E-state index is 0.0607. The Kier molecular flexibility index (Phi) is 7.76. The van der Waals surface area contributed by atoms with Crippen LogP contribution in [0.1, 0.15) is 31.2 Å². The Bertz CT molecular complexity index is 1500. The molecule has 0 aliphatic rings. The summed E-state index contributed by atoms with van der Waals surface area (Å²) < 4.78 is 47.8. The number of hydrogen-bond acceptors (Lipinski definition) is 10. The number of pyridine rings is 1. The monoisotopic (exact) mass is 539 g/mol. The Morgan fingerprint density at radius 2 is 1.58 bits per heavy atom. The molecular weight excluding hydrogens is 510 g/mol. The van der Waals surface area contributed by atoms with Crippen LogP contribution in [-0.2, 0) is 10.0 Å². The minimum Gasteiger partial charge on any atom is -0.495 e. The fourth-order valence-electron chi connectivity index (χ4n) is 3.79. The normalized spacial score (nSPS) is 13.0. The van der Waals surface area contributed by atoms with Crippen molar-refractivity contribution in [2.75, 3.05) is 26.1 Å². The smallest absolute Gasteiger partial charge is 0.243 e. The van der Waals surface area contributed by atoms with Crippen LogP contribution in [0.3, 0.4) is 0 Å². The van der Waals surface area contributed by atoms with E-state index in [2.05, 4.69) is 29.9 Å². The summed E-state index contributed by atoms with van der Waals surface area (Å²) in [6.45, 7) is 5.22. The van der Waals surface area contributed by atoms with Crippen molar-refractivity contribution < 1.29 is 22.6 Å². The Morgan fingerprint density at radius 3 is 2.18 bits per heavy atom. The van der Waals surface area contributed by atoms with E-state index in [9.17, 15) is 8.42 Å². The number of nitrogens with zero attached hydrogens (tertiary/aromatic N) is 6. The van der Waals surface area contributed by atoms with Crippen molar-refractivity contribution in [2.45, 2.75) is 31.9 Å². The summed E-state index contributed by atoms with van der Waals surface area (Å²) >= 11 is 0. The predicted octanol–water partition coefficient (Wildman–Crippen LogP) is 3.39. The summed E-state index contributed by atoms with van der Waals surface area (Å²) in [5.41, 5.74) is 1.82. The SMILES string of the molecule is COc1cncc(-c2nnc(NS(=O)(=O)[C@@H](C)[C@H](C)c3ncc(C)cn3)n2-c2c(OC)cccc2OC)c1. The fraction of sp³-hybridized carbons (Fsp3) is 0.320. The molecule has 4 rings (SSSR count). The molecule has 0 bridgehead atoms. The first-order valence-electron chi connectivity index (χ1n) is 11.7. The van der Waals surface area contributed by atoms with Crippen LogP contribution in [0, 0.1) is 6.92 Å².